The molecular weight excluding hydrogens is 206 g/mol. The van der Waals surface area contributed by atoms with Crippen molar-refractivity contribution in [2.45, 2.75) is 46.1 Å². The maximum Gasteiger partial charge on any atom is 0.222 e. The van der Waals surface area contributed by atoms with E-state index in [4.69, 9.17) is 4.74 Å². The molecule has 4 heteroatoms. The number of nitrogens with one attached hydrogen (secondary N) is 1. The van der Waals surface area contributed by atoms with Crippen LogP contribution in [0, 0.1) is 5.92 Å². The van der Waals surface area contributed by atoms with Gasteiger partial charge in [-0.1, -0.05) is 20.3 Å². The highest BCUT2D eigenvalue weighted by atomic mass is 16.5. The molecule has 0 aliphatic rings. The van der Waals surface area contributed by atoms with Crippen molar-refractivity contribution in [3.8, 4) is 0 Å². The van der Waals surface area contributed by atoms with Gasteiger partial charge >= 0.3 is 0 Å². The Labute approximate surface area is 98.4 Å². The molecular formula is C12H25NO3. The molecule has 2 N–H and O–H groups in total. The van der Waals surface area contributed by atoms with Crippen molar-refractivity contribution in [2.24, 2.45) is 5.92 Å². The average Bonchev–Trinajstić information content (AvgIpc) is 2.25. The molecule has 0 aromatic carbocycles. The monoisotopic (exact) mass is 231 g/mol. The van der Waals surface area contributed by atoms with E-state index in [2.05, 4.69) is 5.32 Å². The zero-order valence-corrected chi connectivity index (χ0v) is 10.9. The highest BCUT2D eigenvalue weighted by molar-refractivity contribution is 5.76. The minimum absolute atomic E-state index is 0.0722. The second-order valence-corrected chi connectivity index (χ2v) is 4.39. The zero-order chi connectivity index (χ0) is 12.6. The second kappa shape index (κ2) is 7.63. The van der Waals surface area contributed by atoms with Gasteiger partial charge in [0.15, 0.2) is 0 Å². The molecule has 2 unspecified atom stereocenters. The number of carbonyl (C=O) groups excluding carboxylic acids is 1. The molecule has 0 saturated heterocycles. The number of aliphatic hydroxyl groups is 1. The number of carbonyl (C=O) groups is 1. The van der Waals surface area contributed by atoms with Crippen LogP contribution in [0.5, 0.6) is 0 Å². The number of rotatable bonds is 8. The summed E-state index contributed by atoms with van der Waals surface area (Å²) in [6.45, 7) is 9.01. The fourth-order valence-corrected chi connectivity index (χ4v) is 1.29. The Balaban J connectivity index is 3.81. The summed E-state index contributed by atoms with van der Waals surface area (Å²) in [7, 11) is 0. The predicted molar refractivity (Wildman–Crippen MR) is 64.2 cm³/mol. The van der Waals surface area contributed by atoms with E-state index in [0.29, 0.717) is 26.2 Å². The molecule has 0 fully saturated rings. The van der Waals surface area contributed by atoms with Crippen LogP contribution in [-0.4, -0.2) is 36.4 Å². The predicted octanol–water partition coefficient (Wildman–Crippen LogP) is 1.33. The van der Waals surface area contributed by atoms with Gasteiger partial charge < -0.3 is 15.2 Å². The fraction of sp³-hybridized carbons (Fsp3) is 0.917. The van der Waals surface area contributed by atoms with E-state index in [-0.39, 0.29) is 11.8 Å². The Morgan fingerprint density at radius 2 is 2.12 bits per heavy atom. The van der Waals surface area contributed by atoms with Gasteiger partial charge in [0.2, 0.25) is 5.91 Å². The lowest BCUT2D eigenvalue weighted by Gasteiger charge is -2.29. The standard InChI is InChI=1S/C12H25NO3/c1-5-10(3)12(4,15)9-13-11(14)7-8-16-6-2/h10,15H,5-9H2,1-4H3,(H,13,14). The lowest BCUT2D eigenvalue weighted by atomic mass is 9.88. The smallest absolute Gasteiger partial charge is 0.222 e. The number of amides is 1. The summed E-state index contributed by atoms with van der Waals surface area (Å²) in [5.41, 5.74) is -0.837. The van der Waals surface area contributed by atoms with E-state index >= 15 is 0 Å². The Morgan fingerprint density at radius 1 is 1.50 bits per heavy atom. The molecule has 0 rings (SSSR count). The van der Waals surface area contributed by atoms with Crippen molar-refractivity contribution in [3.63, 3.8) is 0 Å². The summed E-state index contributed by atoms with van der Waals surface area (Å²) in [4.78, 5) is 11.4. The van der Waals surface area contributed by atoms with E-state index in [9.17, 15) is 9.90 Å². The Hall–Kier alpha value is -0.610. The van der Waals surface area contributed by atoms with Crippen molar-refractivity contribution in [2.75, 3.05) is 19.8 Å². The number of hydrogen-bond acceptors (Lipinski definition) is 3. The summed E-state index contributed by atoms with van der Waals surface area (Å²) in [6.07, 6.45) is 1.24. The summed E-state index contributed by atoms with van der Waals surface area (Å²) in [5.74, 6) is 0.0942. The van der Waals surface area contributed by atoms with Gasteiger partial charge in [-0.25, -0.2) is 0 Å². The fourth-order valence-electron chi connectivity index (χ4n) is 1.29. The maximum atomic E-state index is 11.4. The van der Waals surface area contributed by atoms with Gasteiger partial charge in [-0.2, -0.15) is 0 Å². The van der Waals surface area contributed by atoms with Crippen LogP contribution in [-0.2, 0) is 9.53 Å². The van der Waals surface area contributed by atoms with Crippen molar-refractivity contribution in [3.05, 3.63) is 0 Å². The topological polar surface area (TPSA) is 58.6 Å². The Bertz CT molecular complexity index is 204. The van der Waals surface area contributed by atoms with Crippen LogP contribution in [0.3, 0.4) is 0 Å². The van der Waals surface area contributed by atoms with E-state index in [1.807, 2.05) is 20.8 Å². The molecule has 0 radical (unpaired) electrons. The van der Waals surface area contributed by atoms with Gasteiger partial charge in [0.1, 0.15) is 0 Å². The number of ether oxygens (including phenoxy) is 1. The van der Waals surface area contributed by atoms with Gasteiger partial charge in [0, 0.05) is 19.6 Å². The molecule has 0 spiro atoms. The maximum absolute atomic E-state index is 11.4. The summed E-state index contributed by atoms with van der Waals surface area (Å²) in [6, 6.07) is 0. The first-order valence-corrected chi connectivity index (χ1v) is 6.00. The summed E-state index contributed by atoms with van der Waals surface area (Å²) >= 11 is 0. The minimum Gasteiger partial charge on any atom is -0.388 e. The molecule has 0 aliphatic heterocycles. The summed E-state index contributed by atoms with van der Waals surface area (Å²) < 4.78 is 5.08. The molecule has 1 amide bonds. The molecule has 96 valence electrons. The average molecular weight is 231 g/mol. The highest BCUT2D eigenvalue weighted by Crippen LogP contribution is 2.18. The van der Waals surface area contributed by atoms with Crippen LogP contribution in [0.15, 0.2) is 0 Å². The SMILES string of the molecule is CCOCCC(=O)NCC(C)(O)C(C)CC. The van der Waals surface area contributed by atoms with Gasteiger partial charge in [-0.05, 0) is 19.8 Å². The molecule has 2 atom stereocenters. The third-order valence-corrected chi connectivity index (χ3v) is 3.00. The molecule has 0 saturated carbocycles. The third-order valence-electron chi connectivity index (χ3n) is 3.00. The lowest BCUT2D eigenvalue weighted by Crippen LogP contribution is -2.45. The van der Waals surface area contributed by atoms with Gasteiger partial charge in [-0.15, -0.1) is 0 Å². The van der Waals surface area contributed by atoms with Crippen molar-refractivity contribution in [1.29, 1.82) is 0 Å². The zero-order valence-electron chi connectivity index (χ0n) is 10.9. The summed E-state index contributed by atoms with van der Waals surface area (Å²) in [5, 5.41) is 12.8. The van der Waals surface area contributed by atoms with Gasteiger partial charge in [0.05, 0.1) is 12.2 Å². The molecule has 16 heavy (non-hydrogen) atoms. The highest BCUT2D eigenvalue weighted by Gasteiger charge is 2.27. The second-order valence-electron chi connectivity index (χ2n) is 4.39. The van der Waals surface area contributed by atoms with Gasteiger partial charge in [0.25, 0.3) is 0 Å². The van der Waals surface area contributed by atoms with Gasteiger partial charge in [-0.3, -0.25) is 4.79 Å². The normalized spacial score (nSPS) is 16.6. The first-order valence-electron chi connectivity index (χ1n) is 6.00. The molecule has 0 bridgehead atoms. The largest absolute Gasteiger partial charge is 0.388 e. The molecule has 0 aromatic heterocycles. The van der Waals surface area contributed by atoms with Crippen LogP contribution in [0.2, 0.25) is 0 Å². The molecule has 4 nitrogen and oxygen atoms in total. The first-order chi connectivity index (χ1) is 7.44. The van der Waals surface area contributed by atoms with Crippen LogP contribution in [0.1, 0.15) is 40.5 Å². The van der Waals surface area contributed by atoms with E-state index in [1.165, 1.54) is 0 Å². The number of hydrogen-bond donors (Lipinski definition) is 2. The van der Waals surface area contributed by atoms with Crippen LogP contribution in [0.25, 0.3) is 0 Å². The Morgan fingerprint density at radius 3 is 2.62 bits per heavy atom. The van der Waals surface area contributed by atoms with E-state index in [0.717, 1.165) is 6.42 Å². The van der Waals surface area contributed by atoms with Crippen LogP contribution in [0.4, 0.5) is 0 Å². The quantitative estimate of drug-likeness (QED) is 0.620. The minimum atomic E-state index is -0.837. The first kappa shape index (κ1) is 15.4. The van der Waals surface area contributed by atoms with Crippen LogP contribution >= 0.6 is 0 Å². The molecule has 0 aliphatic carbocycles. The van der Waals surface area contributed by atoms with Crippen molar-refractivity contribution >= 4 is 5.91 Å². The van der Waals surface area contributed by atoms with Crippen molar-refractivity contribution < 1.29 is 14.6 Å². The Kier molecular flexibility index (Phi) is 7.34. The van der Waals surface area contributed by atoms with Crippen LogP contribution < -0.4 is 5.32 Å². The lowest BCUT2D eigenvalue weighted by molar-refractivity contribution is -0.123. The van der Waals surface area contributed by atoms with E-state index < -0.39 is 5.60 Å². The van der Waals surface area contributed by atoms with Crippen molar-refractivity contribution in [1.82, 2.24) is 5.32 Å². The third kappa shape index (κ3) is 6.08. The molecule has 0 aromatic rings. The molecule has 0 heterocycles. The van der Waals surface area contributed by atoms with E-state index in [1.54, 1.807) is 6.92 Å².